The van der Waals surface area contributed by atoms with Gasteiger partial charge in [0.2, 0.25) is 10.0 Å². The molecule has 1 aromatic rings. The van der Waals surface area contributed by atoms with Crippen molar-refractivity contribution in [1.29, 1.82) is 0 Å². The third-order valence-electron chi connectivity index (χ3n) is 2.67. The predicted octanol–water partition coefficient (Wildman–Crippen LogP) is 1.35. The molecule has 0 aliphatic rings. The summed E-state index contributed by atoms with van der Waals surface area (Å²) < 4.78 is 43.8. The van der Waals surface area contributed by atoms with Crippen LogP contribution in [-0.2, 0) is 14.8 Å². The van der Waals surface area contributed by atoms with Gasteiger partial charge in [-0.3, -0.25) is 4.72 Å². The molecular formula is C13H19FN2O4S. The van der Waals surface area contributed by atoms with Crippen molar-refractivity contribution in [3.8, 4) is 0 Å². The summed E-state index contributed by atoms with van der Waals surface area (Å²) >= 11 is 0. The van der Waals surface area contributed by atoms with Crippen molar-refractivity contribution in [2.45, 2.75) is 13.3 Å². The first kappa shape index (κ1) is 17.4. The highest BCUT2D eigenvalue weighted by atomic mass is 32.2. The highest BCUT2D eigenvalue weighted by Gasteiger charge is 2.17. The van der Waals surface area contributed by atoms with Gasteiger partial charge in [-0.2, -0.15) is 0 Å². The van der Waals surface area contributed by atoms with Crippen LogP contribution in [0.25, 0.3) is 0 Å². The number of carbonyl (C=O) groups is 1. The van der Waals surface area contributed by atoms with E-state index in [1.807, 2.05) is 6.92 Å². The summed E-state index contributed by atoms with van der Waals surface area (Å²) in [5.74, 6) is -1.55. The lowest BCUT2D eigenvalue weighted by atomic mass is 10.2. The fourth-order valence-corrected chi connectivity index (χ4v) is 2.81. The monoisotopic (exact) mass is 318 g/mol. The zero-order valence-corrected chi connectivity index (χ0v) is 12.8. The smallest absolute Gasteiger partial charge is 0.340 e. The Kier molecular flexibility index (Phi) is 6.57. The Bertz CT molecular complexity index is 590. The summed E-state index contributed by atoms with van der Waals surface area (Å²) in [7, 11) is -2.47. The molecule has 0 atom stereocenters. The van der Waals surface area contributed by atoms with Gasteiger partial charge in [-0.15, -0.1) is 0 Å². The maximum absolute atomic E-state index is 13.2. The molecule has 0 radical (unpaired) electrons. The third kappa shape index (κ3) is 5.68. The van der Waals surface area contributed by atoms with Crippen LogP contribution in [0.4, 0.5) is 10.1 Å². The molecule has 1 rings (SSSR count). The molecule has 0 aliphatic carbocycles. The molecule has 0 saturated carbocycles. The van der Waals surface area contributed by atoms with E-state index in [2.05, 4.69) is 14.8 Å². The van der Waals surface area contributed by atoms with E-state index in [4.69, 9.17) is 0 Å². The minimum absolute atomic E-state index is 0.00620. The topological polar surface area (TPSA) is 84.5 Å². The molecule has 6 nitrogen and oxygen atoms in total. The van der Waals surface area contributed by atoms with E-state index in [-0.39, 0.29) is 17.0 Å². The molecule has 0 unspecified atom stereocenters. The molecule has 0 aromatic heterocycles. The van der Waals surface area contributed by atoms with Crippen molar-refractivity contribution in [3.05, 3.63) is 29.6 Å². The summed E-state index contributed by atoms with van der Waals surface area (Å²) in [6.45, 7) is 3.26. The van der Waals surface area contributed by atoms with E-state index in [0.717, 1.165) is 25.8 Å². The van der Waals surface area contributed by atoms with Crippen LogP contribution in [0.2, 0.25) is 0 Å². The van der Waals surface area contributed by atoms with Gasteiger partial charge >= 0.3 is 5.97 Å². The van der Waals surface area contributed by atoms with Gasteiger partial charge < -0.3 is 10.1 Å². The molecule has 0 heterocycles. The standard InChI is InChI=1S/C13H19FN2O4S/c1-3-15-7-4-8-21(18,19)16-12-6-5-10(14)9-11(12)13(17)20-2/h5-6,9,15-16H,3-4,7-8H2,1-2H3. The Hall–Kier alpha value is -1.67. The lowest BCUT2D eigenvalue weighted by molar-refractivity contribution is 0.0601. The van der Waals surface area contributed by atoms with Crippen molar-refractivity contribution >= 4 is 21.7 Å². The Morgan fingerprint density at radius 1 is 1.38 bits per heavy atom. The fourth-order valence-electron chi connectivity index (χ4n) is 1.67. The largest absolute Gasteiger partial charge is 0.465 e. The number of hydrogen-bond donors (Lipinski definition) is 2. The van der Waals surface area contributed by atoms with Gasteiger partial charge in [-0.05, 0) is 37.7 Å². The van der Waals surface area contributed by atoms with Crippen molar-refractivity contribution < 1.29 is 22.3 Å². The van der Waals surface area contributed by atoms with Crippen molar-refractivity contribution in [1.82, 2.24) is 5.32 Å². The number of sulfonamides is 1. The minimum atomic E-state index is -3.61. The normalized spacial score (nSPS) is 11.2. The molecule has 0 saturated heterocycles. The first-order chi connectivity index (χ1) is 9.89. The van der Waals surface area contributed by atoms with Gasteiger partial charge in [0.15, 0.2) is 0 Å². The van der Waals surface area contributed by atoms with Gasteiger partial charge in [-0.25, -0.2) is 17.6 Å². The first-order valence-corrected chi connectivity index (χ1v) is 8.14. The van der Waals surface area contributed by atoms with E-state index in [9.17, 15) is 17.6 Å². The molecule has 0 bridgehead atoms. The van der Waals surface area contributed by atoms with Crippen molar-refractivity contribution in [2.75, 3.05) is 30.7 Å². The van der Waals surface area contributed by atoms with Crippen LogP contribution in [0.5, 0.6) is 0 Å². The molecule has 2 N–H and O–H groups in total. The van der Waals surface area contributed by atoms with Crippen LogP contribution in [0.3, 0.4) is 0 Å². The summed E-state index contributed by atoms with van der Waals surface area (Å²) in [4.78, 5) is 11.5. The van der Waals surface area contributed by atoms with Crippen LogP contribution in [0, 0.1) is 5.82 Å². The molecule has 8 heteroatoms. The minimum Gasteiger partial charge on any atom is -0.465 e. The van der Waals surface area contributed by atoms with E-state index >= 15 is 0 Å². The van der Waals surface area contributed by atoms with Gasteiger partial charge in [-0.1, -0.05) is 6.92 Å². The van der Waals surface area contributed by atoms with E-state index in [1.165, 1.54) is 6.07 Å². The van der Waals surface area contributed by atoms with Crippen LogP contribution in [0.15, 0.2) is 18.2 Å². The molecular weight excluding hydrogens is 299 g/mol. The van der Waals surface area contributed by atoms with E-state index in [1.54, 1.807) is 0 Å². The number of ether oxygens (including phenoxy) is 1. The fraction of sp³-hybridized carbons (Fsp3) is 0.462. The maximum Gasteiger partial charge on any atom is 0.340 e. The van der Waals surface area contributed by atoms with Gasteiger partial charge in [0, 0.05) is 0 Å². The van der Waals surface area contributed by atoms with Gasteiger partial charge in [0.05, 0.1) is 24.1 Å². The number of nitrogens with one attached hydrogen (secondary N) is 2. The molecule has 0 fully saturated rings. The summed E-state index contributed by atoms with van der Waals surface area (Å²) in [5.41, 5.74) is -0.153. The summed E-state index contributed by atoms with van der Waals surface area (Å²) in [5, 5.41) is 3.01. The number of esters is 1. The number of halogens is 1. The molecule has 0 aliphatic heterocycles. The number of rotatable bonds is 8. The number of carbonyl (C=O) groups excluding carboxylic acids is 1. The molecule has 0 spiro atoms. The highest BCUT2D eigenvalue weighted by Crippen LogP contribution is 2.19. The lowest BCUT2D eigenvalue weighted by Gasteiger charge is -2.11. The average molecular weight is 318 g/mol. The molecule has 118 valence electrons. The van der Waals surface area contributed by atoms with Crippen LogP contribution < -0.4 is 10.0 Å². The van der Waals surface area contributed by atoms with Crippen molar-refractivity contribution in [2.24, 2.45) is 0 Å². The summed E-state index contributed by atoms with van der Waals surface area (Å²) in [6, 6.07) is 3.20. The second kappa shape index (κ2) is 7.94. The average Bonchev–Trinajstić information content (AvgIpc) is 2.44. The summed E-state index contributed by atoms with van der Waals surface area (Å²) in [6.07, 6.45) is 0.428. The number of hydrogen-bond acceptors (Lipinski definition) is 5. The Labute approximate surface area is 123 Å². The zero-order chi connectivity index (χ0) is 15.9. The van der Waals surface area contributed by atoms with Crippen LogP contribution in [-0.4, -0.2) is 40.3 Å². The van der Waals surface area contributed by atoms with Crippen LogP contribution in [0.1, 0.15) is 23.7 Å². The Morgan fingerprint density at radius 2 is 2.10 bits per heavy atom. The van der Waals surface area contributed by atoms with Gasteiger partial charge in [0.25, 0.3) is 0 Å². The third-order valence-corrected chi connectivity index (χ3v) is 4.03. The molecule has 21 heavy (non-hydrogen) atoms. The number of methoxy groups -OCH3 is 1. The second-order valence-corrected chi connectivity index (χ2v) is 6.15. The van der Waals surface area contributed by atoms with E-state index in [0.29, 0.717) is 13.0 Å². The second-order valence-electron chi connectivity index (χ2n) is 4.31. The van der Waals surface area contributed by atoms with E-state index < -0.39 is 21.8 Å². The Balaban J connectivity index is 2.84. The first-order valence-electron chi connectivity index (χ1n) is 6.48. The highest BCUT2D eigenvalue weighted by molar-refractivity contribution is 7.92. The predicted molar refractivity (Wildman–Crippen MR) is 78.3 cm³/mol. The zero-order valence-electron chi connectivity index (χ0n) is 12.0. The Morgan fingerprint density at radius 3 is 2.71 bits per heavy atom. The quantitative estimate of drug-likeness (QED) is 0.558. The lowest BCUT2D eigenvalue weighted by Crippen LogP contribution is -2.23. The number of benzene rings is 1. The van der Waals surface area contributed by atoms with Crippen molar-refractivity contribution in [3.63, 3.8) is 0 Å². The molecule has 0 amide bonds. The SMILES string of the molecule is CCNCCCS(=O)(=O)Nc1ccc(F)cc1C(=O)OC. The maximum atomic E-state index is 13.2. The van der Waals surface area contributed by atoms with Crippen LogP contribution >= 0.6 is 0 Å². The van der Waals surface area contributed by atoms with Gasteiger partial charge in [0.1, 0.15) is 5.82 Å². The molecule has 1 aromatic carbocycles. The number of anilines is 1.